The third-order valence-corrected chi connectivity index (χ3v) is 2.30. The zero-order chi connectivity index (χ0) is 11.5. The number of halogens is 1. The second kappa shape index (κ2) is 4.23. The van der Waals surface area contributed by atoms with Gasteiger partial charge in [-0.3, -0.25) is 9.78 Å². The van der Waals surface area contributed by atoms with Crippen LogP contribution in [0.2, 0.25) is 0 Å². The largest absolute Gasteiger partial charge is 0.294 e. The fraction of sp³-hybridized carbons (Fsp3) is 0.0769. The van der Waals surface area contributed by atoms with Gasteiger partial charge >= 0.3 is 0 Å². The molecule has 0 radical (unpaired) electrons. The minimum atomic E-state index is -0.302. The summed E-state index contributed by atoms with van der Waals surface area (Å²) >= 11 is 0. The Morgan fingerprint density at radius 2 is 1.88 bits per heavy atom. The van der Waals surface area contributed by atoms with E-state index in [1.165, 1.54) is 19.1 Å². The number of pyridine rings is 1. The summed E-state index contributed by atoms with van der Waals surface area (Å²) in [6.45, 7) is 1.49. The van der Waals surface area contributed by atoms with Gasteiger partial charge in [-0.25, -0.2) is 4.39 Å². The maximum atomic E-state index is 12.8. The molecule has 16 heavy (non-hydrogen) atoms. The number of benzene rings is 1. The van der Waals surface area contributed by atoms with Gasteiger partial charge in [0.2, 0.25) is 0 Å². The molecule has 0 saturated heterocycles. The first-order valence-electron chi connectivity index (χ1n) is 4.90. The highest BCUT2D eigenvalue weighted by atomic mass is 19.1. The molecule has 2 aromatic rings. The van der Waals surface area contributed by atoms with E-state index in [1.807, 2.05) is 0 Å². The number of Topliss-reactive ketones (excluding diaryl/α,β-unsaturated/α-hetero) is 1. The number of rotatable bonds is 2. The van der Waals surface area contributed by atoms with Gasteiger partial charge in [0.1, 0.15) is 5.82 Å². The Bertz CT molecular complexity index is 520. The molecule has 0 N–H and O–H groups in total. The first-order chi connectivity index (χ1) is 7.68. The van der Waals surface area contributed by atoms with Crippen LogP contribution in [0, 0.1) is 5.82 Å². The Morgan fingerprint density at radius 3 is 2.50 bits per heavy atom. The van der Waals surface area contributed by atoms with Crippen LogP contribution in [0.4, 0.5) is 4.39 Å². The predicted molar refractivity (Wildman–Crippen MR) is 59.6 cm³/mol. The van der Waals surface area contributed by atoms with Crippen molar-refractivity contribution in [2.45, 2.75) is 6.92 Å². The van der Waals surface area contributed by atoms with Gasteiger partial charge in [0.25, 0.3) is 0 Å². The molecule has 0 amide bonds. The van der Waals surface area contributed by atoms with Crippen LogP contribution in [-0.4, -0.2) is 10.8 Å². The Labute approximate surface area is 92.8 Å². The second-order valence-corrected chi connectivity index (χ2v) is 3.46. The molecule has 0 fully saturated rings. The Balaban J connectivity index is 2.55. The molecule has 2 nitrogen and oxygen atoms in total. The fourth-order valence-electron chi connectivity index (χ4n) is 1.53. The molecule has 0 saturated carbocycles. The van der Waals surface area contributed by atoms with Gasteiger partial charge in [0.05, 0.1) is 5.69 Å². The zero-order valence-electron chi connectivity index (χ0n) is 8.77. The van der Waals surface area contributed by atoms with Crippen LogP contribution < -0.4 is 0 Å². The molecule has 0 aliphatic carbocycles. The van der Waals surface area contributed by atoms with Crippen molar-refractivity contribution < 1.29 is 9.18 Å². The second-order valence-electron chi connectivity index (χ2n) is 3.46. The molecule has 0 atom stereocenters. The van der Waals surface area contributed by atoms with Crippen molar-refractivity contribution in [1.82, 2.24) is 4.98 Å². The van der Waals surface area contributed by atoms with Crippen LogP contribution in [0.1, 0.15) is 17.3 Å². The molecule has 0 bridgehead atoms. The monoisotopic (exact) mass is 215 g/mol. The van der Waals surface area contributed by atoms with E-state index in [1.54, 1.807) is 30.5 Å². The van der Waals surface area contributed by atoms with Gasteiger partial charge in [-0.05, 0) is 43.3 Å². The molecule has 0 spiro atoms. The van der Waals surface area contributed by atoms with E-state index in [2.05, 4.69) is 4.98 Å². The number of ketones is 1. The molecule has 0 unspecified atom stereocenters. The smallest absolute Gasteiger partial charge is 0.161 e. The molecular weight excluding hydrogens is 205 g/mol. The first kappa shape index (κ1) is 10.5. The molecule has 3 heteroatoms. The van der Waals surface area contributed by atoms with Crippen LogP contribution in [0.15, 0.2) is 42.6 Å². The quantitative estimate of drug-likeness (QED) is 0.720. The van der Waals surface area contributed by atoms with E-state index >= 15 is 0 Å². The lowest BCUT2D eigenvalue weighted by Gasteiger charge is -2.05. The van der Waals surface area contributed by atoms with Gasteiger partial charge in [-0.15, -0.1) is 0 Å². The average molecular weight is 215 g/mol. The summed E-state index contributed by atoms with van der Waals surface area (Å²) in [7, 11) is 0. The number of carbonyl (C=O) groups is 1. The molecule has 2 rings (SSSR count). The van der Waals surface area contributed by atoms with E-state index in [4.69, 9.17) is 0 Å². The molecule has 80 valence electrons. The summed E-state index contributed by atoms with van der Waals surface area (Å²) < 4.78 is 12.8. The lowest BCUT2D eigenvalue weighted by molar-refractivity contribution is 0.101. The molecular formula is C13H10FNO. The maximum absolute atomic E-state index is 12.8. The highest BCUT2D eigenvalue weighted by molar-refractivity contribution is 5.99. The normalized spacial score (nSPS) is 10.1. The standard InChI is InChI=1S/C13H10FNO/c1-9(16)12-3-2-8-15-13(12)10-4-6-11(14)7-5-10/h2-8H,1H3. The number of nitrogens with zero attached hydrogens (tertiary/aromatic N) is 1. The highest BCUT2D eigenvalue weighted by Gasteiger charge is 2.09. The van der Waals surface area contributed by atoms with Gasteiger partial charge in [-0.2, -0.15) is 0 Å². The summed E-state index contributed by atoms with van der Waals surface area (Å²) in [5, 5.41) is 0. The third kappa shape index (κ3) is 1.98. The number of aromatic nitrogens is 1. The summed E-state index contributed by atoms with van der Waals surface area (Å²) in [5.74, 6) is -0.350. The molecule has 1 aromatic heterocycles. The maximum Gasteiger partial charge on any atom is 0.161 e. The van der Waals surface area contributed by atoms with Gasteiger partial charge in [-0.1, -0.05) is 0 Å². The van der Waals surface area contributed by atoms with Crippen molar-refractivity contribution in [2.24, 2.45) is 0 Å². The van der Waals surface area contributed by atoms with Crippen LogP contribution >= 0.6 is 0 Å². The topological polar surface area (TPSA) is 30.0 Å². The SMILES string of the molecule is CC(=O)c1cccnc1-c1ccc(F)cc1. The summed E-state index contributed by atoms with van der Waals surface area (Å²) in [6, 6.07) is 9.37. The first-order valence-corrected chi connectivity index (χ1v) is 4.90. The van der Waals surface area contributed by atoms with Crippen molar-refractivity contribution in [1.29, 1.82) is 0 Å². The van der Waals surface area contributed by atoms with E-state index < -0.39 is 0 Å². The summed E-state index contributed by atoms with van der Waals surface area (Å²) in [4.78, 5) is 15.5. The van der Waals surface area contributed by atoms with E-state index in [9.17, 15) is 9.18 Å². The van der Waals surface area contributed by atoms with Gasteiger partial charge < -0.3 is 0 Å². The predicted octanol–water partition coefficient (Wildman–Crippen LogP) is 3.09. The van der Waals surface area contributed by atoms with E-state index in [0.717, 1.165) is 5.56 Å². The van der Waals surface area contributed by atoms with Crippen molar-refractivity contribution in [3.8, 4) is 11.3 Å². The zero-order valence-corrected chi connectivity index (χ0v) is 8.77. The molecule has 0 aliphatic rings. The average Bonchev–Trinajstić information content (AvgIpc) is 2.30. The van der Waals surface area contributed by atoms with Gasteiger partial charge in [0, 0.05) is 17.3 Å². The van der Waals surface area contributed by atoms with Crippen LogP contribution in [0.25, 0.3) is 11.3 Å². The molecule has 0 aliphatic heterocycles. The van der Waals surface area contributed by atoms with Gasteiger partial charge in [0.15, 0.2) is 5.78 Å². The van der Waals surface area contributed by atoms with Crippen molar-refractivity contribution in [3.63, 3.8) is 0 Å². The van der Waals surface area contributed by atoms with Crippen molar-refractivity contribution in [2.75, 3.05) is 0 Å². The Hall–Kier alpha value is -2.03. The summed E-state index contributed by atoms with van der Waals surface area (Å²) in [5.41, 5.74) is 1.89. The minimum Gasteiger partial charge on any atom is -0.294 e. The number of carbonyl (C=O) groups excluding carboxylic acids is 1. The number of hydrogen-bond donors (Lipinski definition) is 0. The lowest BCUT2D eigenvalue weighted by atomic mass is 10.0. The molecule has 1 heterocycles. The number of hydrogen-bond acceptors (Lipinski definition) is 2. The Kier molecular flexibility index (Phi) is 2.77. The van der Waals surface area contributed by atoms with Crippen molar-refractivity contribution >= 4 is 5.78 Å². The fourth-order valence-corrected chi connectivity index (χ4v) is 1.53. The summed E-state index contributed by atoms with van der Waals surface area (Å²) in [6.07, 6.45) is 1.62. The minimum absolute atomic E-state index is 0.0487. The lowest BCUT2D eigenvalue weighted by Crippen LogP contribution is -1.98. The van der Waals surface area contributed by atoms with E-state index in [-0.39, 0.29) is 11.6 Å². The van der Waals surface area contributed by atoms with Crippen molar-refractivity contribution in [3.05, 3.63) is 54.0 Å². The Morgan fingerprint density at radius 1 is 1.19 bits per heavy atom. The van der Waals surface area contributed by atoms with Crippen LogP contribution in [0.3, 0.4) is 0 Å². The van der Waals surface area contributed by atoms with E-state index in [0.29, 0.717) is 11.3 Å². The molecule has 1 aromatic carbocycles. The van der Waals surface area contributed by atoms with Crippen LogP contribution in [0.5, 0.6) is 0 Å². The van der Waals surface area contributed by atoms with Crippen LogP contribution in [-0.2, 0) is 0 Å². The highest BCUT2D eigenvalue weighted by Crippen LogP contribution is 2.21. The third-order valence-electron chi connectivity index (χ3n) is 2.30.